The molecule has 84 valence electrons. The molecular weight excluding hydrogens is 268 g/mol. The summed E-state index contributed by atoms with van der Waals surface area (Å²) in [6.45, 7) is 2.17. The molecule has 0 bridgehead atoms. The van der Waals surface area contributed by atoms with Crippen molar-refractivity contribution in [1.29, 1.82) is 0 Å². The zero-order valence-electron chi connectivity index (χ0n) is 9.02. The Balaban J connectivity index is 2.37. The van der Waals surface area contributed by atoms with Gasteiger partial charge in [-0.15, -0.1) is 0 Å². The van der Waals surface area contributed by atoms with E-state index in [2.05, 4.69) is 40.1 Å². The van der Waals surface area contributed by atoms with Gasteiger partial charge in [0, 0.05) is 19.2 Å². The third kappa shape index (κ3) is 2.33. The number of benzene rings is 1. The predicted octanol–water partition coefficient (Wildman–Crippen LogP) is 2.48. The summed E-state index contributed by atoms with van der Waals surface area (Å²) in [4.78, 5) is 0. The van der Waals surface area contributed by atoms with E-state index >= 15 is 0 Å². The standard InChI is InChI=1S/C12H13BrN2O/c1-9-3-2-4-10(7-9)15-8-11(13)12(14-15)5-6-16/h2-4,7-8,16H,5-6H2,1H3. The molecule has 0 unspecified atom stereocenters. The molecule has 16 heavy (non-hydrogen) atoms. The molecular formula is C12H13BrN2O. The van der Waals surface area contributed by atoms with Crippen molar-refractivity contribution in [3.63, 3.8) is 0 Å². The van der Waals surface area contributed by atoms with Crippen LogP contribution in [0.25, 0.3) is 5.69 Å². The number of aliphatic hydroxyl groups excluding tert-OH is 1. The molecule has 0 aliphatic carbocycles. The average molecular weight is 281 g/mol. The van der Waals surface area contributed by atoms with Gasteiger partial charge in [0.15, 0.2) is 0 Å². The van der Waals surface area contributed by atoms with Gasteiger partial charge in [0.25, 0.3) is 0 Å². The molecule has 0 spiro atoms. The minimum atomic E-state index is 0.115. The number of hydrogen-bond donors (Lipinski definition) is 1. The van der Waals surface area contributed by atoms with E-state index < -0.39 is 0 Å². The van der Waals surface area contributed by atoms with Crippen LogP contribution in [0.1, 0.15) is 11.3 Å². The number of aryl methyl sites for hydroxylation is 1. The van der Waals surface area contributed by atoms with Gasteiger partial charge in [0.05, 0.1) is 15.9 Å². The van der Waals surface area contributed by atoms with Crippen molar-refractivity contribution >= 4 is 15.9 Å². The largest absolute Gasteiger partial charge is 0.396 e. The minimum Gasteiger partial charge on any atom is -0.396 e. The first-order chi connectivity index (χ1) is 7.70. The molecule has 1 aromatic heterocycles. The molecule has 1 heterocycles. The lowest BCUT2D eigenvalue weighted by atomic mass is 10.2. The van der Waals surface area contributed by atoms with Crippen LogP contribution in [0.4, 0.5) is 0 Å². The highest BCUT2D eigenvalue weighted by Gasteiger charge is 2.06. The Morgan fingerprint density at radius 1 is 1.44 bits per heavy atom. The second-order valence-corrected chi connectivity index (χ2v) is 4.54. The first kappa shape index (κ1) is 11.4. The Kier molecular flexibility index (Phi) is 3.41. The van der Waals surface area contributed by atoms with Crippen molar-refractivity contribution in [2.45, 2.75) is 13.3 Å². The Hall–Kier alpha value is -1.13. The van der Waals surface area contributed by atoms with Crippen LogP contribution in [0.5, 0.6) is 0 Å². The van der Waals surface area contributed by atoms with Crippen LogP contribution in [0.3, 0.4) is 0 Å². The molecule has 0 saturated carbocycles. The van der Waals surface area contributed by atoms with Crippen LogP contribution in [-0.4, -0.2) is 21.5 Å². The monoisotopic (exact) mass is 280 g/mol. The fraction of sp³-hybridized carbons (Fsp3) is 0.250. The molecule has 1 aromatic carbocycles. The fourth-order valence-corrected chi connectivity index (χ4v) is 2.04. The van der Waals surface area contributed by atoms with Crippen molar-refractivity contribution in [2.24, 2.45) is 0 Å². The van der Waals surface area contributed by atoms with E-state index in [1.165, 1.54) is 5.56 Å². The average Bonchev–Trinajstić information content (AvgIpc) is 2.61. The third-order valence-electron chi connectivity index (χ3n) is 2.35. The van der Waals surface area contributed by atoms with Crippen molar-refractivity contribution in [1.82, 2.24) is 9.78 Å². The molecule has 0 fully saturated rings. The van der Waals surface area contributed by atoms with Gasteiger partial charge in [-0.05, 0) is 40.5 Å². The second kappa shape index (κ2) is 4.80. The van der Waals surface area contributed by atoms with Gasteiger partial charge in [-0.2, -0.15) is 5.10 Å². The topological polar surface area (TPSA) is 38.0 Å². The molecule has 3 nitrogen and oxygen atoms in total. The first-order valence-electron chi connectivity index (χ1n) is 5.12. The maximum Gasteiger partial charge on any atom is 0.0793 e. The molecule has 0 saturated heterocycles. The highest BCUT2D eigenvalue weighted by molar-refractivity contribution is 9.10. The van der Waals surface area contributed by atoms with Gasteiger partial charge in [-0.3, -0.25) is 0 Å². The summed E-state index contributed by atoms with van der Waals surface area (Å²) >= 11 is 3.44. The summed E-state index contributed by atoms with van der Waals surface area (Å²) in [6, 6.07) is 8.14. The number of halogens is 1. The van der Waals surface area contributed by atoms with Gasteiger partial charge >= 0.3 is 0 Å². The molecule has 2 rings (SSSR count). The minimum absolute atomic E-state index is 0.115. The maximum atomic E-state index is 8.90. The molecule has 2 aromatic rings. The zero-order chi connectivity index (χ0) is 11.5. The number of aliphatic hydroxyl groups is 1. The Labute approximate surface area is 103 Å². The smallest absolute Gasteiger partial charge is 0.0793 e. The van der Waals surface area contributed by atoms with E-state index in [1.807, 2.05) is 23.0 Å². The van der Waals surface area contributed by atoms with Gasteiger partial charge in [-0.1, -0.05) is 12.1 Å². The van der Waals surface area contributed by atoms with E-state index in [1.54, 1.807) is 0 Å². The molecule has 0 aliphatic rings. The molecule has 0 radical (unpaired) electrons. The number of hydrogen-bond acceptors (Lipinski definition) is 2. The molecule has 0 amide bonds. The number of rotatable bonds is 3. The molecule has 1 N–H and O–H groups in total. The Morgan fingerprint density at radius 3 is 2.94 bits per heavy atom. The van der Waals surface area contributed by atoms with Crippen LogP contribution in [0.2, 0.25) is 0 Å². The van der Waals surface area contributed by atoms with E-state index in [-0.39, 0.29) is 6.61 Å². The lowest BCUT2D eigenvalue weighted by Crippen LogP contribution is -1.98. The second-order valence-electron chi connectivity index (χ2n) is 3.68. The first-order valence-corrected chi connectivity index (χ1v) is 5.92. The van der Waals surface area contributed by atoms with Crippen molar-refractivity contribution in [3.8, 4) is 5.69 Å². The summed E-state index contributed by atoms with van der Waals surface area (Å²) in [7, 11) is 0. The Morgan fingerprint density at radius 2 is 2.25 bits per heavy atom. The van der Waals surface area contributed by atoms with E-state index in [0.29, 0.717) is 6.42 Å². The van der Waals surface area contributed by atoms with Crippen molar-refractivity contribution < 1.29 is 5.11 Å². The van der Waals surface area contributed by atoms with Crippen LogP contribution >= 0.6 is 15.9 Å². The van der Waals surface area contributed by atoms with Crippen molar-refractivity contribution in [2.75, 3.05) is 6.61 Å². The van der Waals surface area contributed by atoms with E-state index in [9.17, 15) is 0 Å². The zero-order valence-corrected chi connectivity index (χ0v) is 10.6. The molecule has 4 heteroatoms. The summed E-state index contributed by atoms with van der Waals surface area (Å²) < 4.78 is 2.75. The molecule has 0 aliphatic heterocycles. The van der Waals surface area contributed by atoms with E-state index in [4.69, 9.17) is 5.11 Å². The van der Waals surface area contributed by atoms with Crippen LogP contribution in [0, 0.1) is 6.92 Å². The molecule has 0 atom stereocenters. The van der Waals surface area contributed by atoms with Gasteiger partial charge < -0.3 is 5.11 Å². The lowest BCUT2D eigenvalue weighted by Gasteiger charge is -2.01. The number of nitrogens with zero attached hydrogens (tertiary/aromatic N) is 2. The fourth-order valence-electron chi connectivity index (χ4n) is 1.57. The quantitative estimate of drug-likeness (QED) is 0.938. The highest BCUT2D eigenvalue weighted by Crippen LogP contribution is 2.18. The van der Waals surface area contributed by atoms with Crippen LogP contribution < -0.4 is 0 Å². The normalized spacial score (nSPS) is 10.7. The maximum absolute atomic E-state index is 8.90. The van der Waals surface area contributed by atoms with Gasteiger partial charge in [-0.25, -0.2) is 4.68 Å². The predicted molar refractivity (Wildman–Crippen MR) is 66.8 cm³/mol. The lowest BCUT2D eigenvalue weighted by molar-refractivity contribution is 0.298. The Bertz CT molecular complexity index is 494. The van der Waals surface area contributed by atoms with E-state index in [0.717, 1.165) is 15.9 Å². The van der Waals surface area contributed by atoms with Crippen LogP contribution in [-0.2, 0) is 6.42 Å². The third-order valence-corrected chi connectivity index (χ3v) is 3.02. The summed E-state index contributed by atoms with van der Waals surface area (Å²) in [5.41, 5.74) is 3.11. The highest BCUT2D eigenvalue weighted by atomic mass is 79.9. The van der Waals surface area contributed by atoms with Crippen molar-refractivity contribution in [3.05, 3.63) is 46.2 Å². The summed E-state index contributed by atoms with van der Waals surface area (Å²) in [5.74, 6) is 0. The van der Waals surface area contributed by atoms with Gasteiger partial charge in [0.1, 0.15) is 0 Å². The van der Waals surface area contributed by atoms with Crippen LogP contribution in [0.15, 0.2) is 34.9 Å². The summed E-state index contributed by atoms with van der Waals surface area (Å²) in [6.07, 6.45) is 2.49. The number of aromatic nitrogens is 2. The SMILES string of the molecule is Cc1cccc(-n2cc(Br)c(CCO)n2)c1. The van der Waals surface area contributed by atoms with Gasteiger partial charge in [0.2, 0.25) is 0 Å². The summed E-state index contributed by atoms with van der Waals surface area (Å²) in [5, 5.41) is 13.3.